The van der Waals surface area contributed by atoms with Crippen LogP contribution in [0.4, 0.5) is 0 Å². The maximum Gasteiger partial charge on any atom is 0.336 e. The molecule has 0 aliphatic heterocycles. The van der Waals surface area contributed by atoms with E-state index in [1.165, 1.54) is 36.6 Å². The van der Waals surface area contributed by atoms with Crippen LogP contribution in [0.1, 0.15) is 21.5 Å². The summed E-state index contributed by atoms with van der Waals surface area (Å²) >= 11 is 0. The van der Waals surface area contributed by atoms with Crippen LogP contribution in [0.3, 0.4) is 0 Å². The third kappa shape index (κ3) is 6.18. The topological polar surface area (TPSA) is 88.0 Å². The van der Waals surface area contributed by atoms with Crippen molar-refractivity contribution in [1.29, 1.82) is 0 Å². The predicted octanol–water partition coefficient (Wildman–Crippen LogP) is 3.77. The Hall–Kier alpha value is -4.19. The maximum atomic E-state index is 11.9. The molecule has 0 spiro atoms. The number of aromatic hydroxyl groups is 1. The number of hydrogen-bond acceptors (Lipinski definition) is 5. The van der Waals surface area contributed by atoms with Gasteiger partial charge in [-0.15, -0.1) is 0 Å². The molecule has 3 rings (SSSR count). The van der Waals surface area contributed by atoms with E-state index in [2.05, 4.69) is 10.5 Å². The molecule has 6 heteroatoms. The highest BCUT2D eigenvalue weighted by molar-refractivity contribution is 5.95. The number of esters is 1. The van der Waals surface area contributed by atoms with Crippen molar-refractivity contribution < 1.29 is 19.4 Å². The van der Waals surface area contributed by atoms with Crippen LogP contribution in [0, 0.1) is 0 Å². The van der Waals surface area contributed by atoms with E-state index in [1.54, 1.807) is 30.3 Å². The lowest BCUT2D eigenvalue weighted by molar-refractivity contribution is -0.128. The number of nitrogens with zero attached hydrogens (tertiary/aromatic N) is 1. The summed E-state index contributed by atoms with van der Waals surface area (Å²) in [4.78, 5) is 23.8. The number of nitrogens with one attached hydrogen (secondary N) is 1. The lowest BCUT2D eigenvalue weighted by Crippen LogP contribution is -2.17. The molecule has 0 bridgehead atoms. The molecule has 0 aliphatic carbocycles. The number of hydrogen-bond donors (Lipinski definition) is 2. The predicted molar refractivity (Wildman–Crippen MR) is 111 cm³/mol. The number of hydrazone groups is 1. The van der Waals surface area contributed by atoms with E-state index < -0.39 is 11.9 Å². The van der Waals surface area contributed by atoms with Crippen molar-refractivity contribution in [1.82, 2.24) is 5.43 Å². The molecule has 144 valence electrons. The molecule has 0 aromatic heterocycles. The molecule has 0 radical (unpaired) electrons. The minimum absolute atomic E-state index is 0.0846. The van der Waals surface area contributed by atoms with Crippen molar-refractivity contribution in [3.05, 3.63) is 102 Å². The lowest BCUT2D eigenvalue weighted by atomic mass is 10.2. The van der Waals surface area contributed by atoms with Crippen LogP contribution in [-0.4, -0.2) is 23.2 Å². The van der Waals surface area contributed by atoms with Crippen LogP contribution in [0.5, 0.6) is 11.5 Å². The molecule has 0 fully saturated rings. The number of benzene rings is 3. The summed E-state index contributed by atoms with van der Waals surface area (Å²) in [6.07, 6.45) is 4.52. The largest absolute Gasteiger partial charge is 0.508 e. The fraction of sp³-hybridized carbons (Fsp3) is 0. The summed E-state index contributed by atoms with van der Waals surface area (Å²) in [5.74, 6) is -0.382. The first kappa shape index (κ1) is 19.6. The van der Waals surface area contributed by atoms with Gasteiger partial charge in [0.2, 0.25) is 0 Å². The minimum atomic E-state index is -0.476. The second-order valence-electron chi connectivity index (χ2n) is 5.98. The van der Waals surface area contributed by atoms with Crippen molar-refractivity contribution in [2.75, 3.05) is 0 Å². The molecule has 0 saturated heterocycles. The number of phenolic OH excluding ortho intramolecular Hbond substituents is 1. The van der Waals surface area contributed by atoms with Crippen LogP contribution in [0.15, 0.2) is 90.0 Å². The molecule has 0 atom stereocenters. The van der Waals surface area contributed by atoms with Crippen molar-refractivity contribution >= 4 is 24.2 Å². The van der Waals surface area contributed by atoms with Gasteiger partial charge in [0.1, 0.15) is 11.5 Å². The Bertz CT molecular complexity index is 1020. The highest BCUT2D eigenvalue weighted by Gasteiger charge is 2.03. The first-order chi connectivity index (χ1) is 14.1. The normalized spacial score (nSPS) is 10.9. The smallest absolute Gasteiger partial charge is 0.336 e. The summed E-state index contributed by atoms with van der Waals surface area (Å²) in [5.41, 5.74) is 4.41. The van der Waals surface area contributed by atoms with Gasteiger partial charge < -0.3 is 9.84 Å². The standard InChI is InChI=1S/C23H18N2O4/c26-20-11-9-19(10-12-20)23(28)25-24-16-18-6-13-21(14-7-18)29-22(27)15-8-17-4-2-1-3-5-17/h1-16,26H,(H,25,28)/b15-8+,24-16+. The summed E-state index contributed by atoms with van der Waals surface area (Å²) in [6, 6.07) is 22.0. The molecule has 2 N–H and O–H groups in total. The third-order valence-electron chi connectivity index (χ3n) is 3.82. The zero-order valence-electron chi connectivity index (χ0n) is 15.4. The van der Waals surface area contributed by atoms with Gasteiger partial charge in [0.05, 0.1) is 6.21 Å². The molecule has 3 aromatic carbocycles. The Morgan fingerprint density at radius 2 is 1.55 bits per heavy atom. The van der Waals surface area contributed by atoms with E-state index in [0.717, 1.165) is 11.1 Å². The van der Waals surface area contributed by atoms with Gasteiger partial charge in [-0.3, -0.25) is 4.79 Å². The molecular weight excluding hydrogens is 368 g/mol. The van der Waals surface area contributed by atoms with E-state index in [-0.39, 0.29) is 5.75 Å². The van der Waals surface area contributed by atoms with Crippen molar-refractivity contribution in [2.45, 2.75) is 0 Å². The molecular formula is C23H18N2O4. The molecule has 29 heavy (non-hydrogen) atoms. The average Bonchev–Trinajstić information content (AvgIpc) is 2.75. The summed E-state index contributed by atoms with van der Waals surface area (Å²) in [5, 5.41) is 13.1. The molecule has 6 nitrogen and oxygen atoms in total. The molecule has 0 heterocycles. The maximum absolute atomic E-state index is 11.9. The van der Waals surface area contributed by atoms with Gasteiger partial charge in [0, 0.05) is 11.6 Å². The number of ether oxygens (including phenoxy) is 1. The molecule has 0 unspecified atom stereocenters. The number of rotatable bonds is 6. The van der Waals surface area contributed by atoms with Gasteiger partial charge in [-0.25, -0.2) is 10.2 Å². The zero-order valence-corrected chi connectivity index (χ0v) is 15.4. The van der Waals surface area contributed by atoms with Crippen LogP contribution in [0.25, 0.3) is 6.08 Å². The van der Waals surface area contributed by atoms with E-state index in [4.69, 9.17) is 4.74 Å². The number of phenols is 1. The van der Waals surface area contributed by atoms with E-state index in [1.807, 2.05) is 30.3 Å². The van der Waals surface area contributed by atoms with Crippen LogP contribution < -0.4 is 10.2 Å². The Kier molecular flexibility index (Phi) is 6.52. The monoisotopic (exact) mass is 386 g/mol. The molecule has 3 aromatic rings. The van der Waals surface area contributed by atoms with E-state index in [9.17, 15) is 14.7 Å². The lowest BCUT2D eigenvalue weighted by Gasteiger charge is -2.02. The van der Waals surface area contributed by atoms with E-state index >= 15 is 0 Å². The highest BCUT2D eigenvalue weighted by Crippen LogP contribution is 2.12. The molecule has 0 saturated carbocycles. The Morgan fingerprint density at radius 3 is 2.24 bits per heavy atom. The minimum Gasteiger partial charge on any atom is -0.508 e. The van der Waals surface area contributed by atoms with Gasteiger partial charge in [0.25, 0.3) is 5.91 Å². The molecule has 0 aliphatic rings. The summed E-state index contributed by atoms with van der Waals surface area (Å²) < 4.78 is 5.24. The van der Waals surface area contributed by atoms with Crippen molar-refractivity contribution in [3.63, 3.8) is 0 Å². The fourth-order valence-corrected chi connectivity index (χ4v) is 2.34. The van der Waals surface area contributed by atoms with Crippen molar-refractivity contribution in [2.24, 2.45) is 5.10 Å². The summed E-state index contributed by atoms with van der Waals surface area (Å²) in [7, 11) is 0. The Balaban J connectivity index is 1.51. The van der Waals surface area contributed by atoms with Crippen LogP contribution in [-0.2, 0) is 4.79 Å². The Morgan fingerprint density at radius 1 is 0.862 bits per heavy atom. The van der Waals surface area contributed by atoms with Crippen LogP contribution >= 0.6 is 0 Å². The number of amides is 1. The van der Waals surface area contributed by atoms with Gasteiger partial charge in [0.15, 0.2) is 0 Å². The molecule has 1 amide bonds. The van der Waals surface area contributed by atoms with E-state index in [0.29, 0.717) is 11.3 Å². The fourth-order valence-electron chi connectivity index (χ4n) is 2.34. The summed E-state index contributed by atoms with van der Waals surface area (Å²) in [6.45, 7) is 0. The SMILES string of the molecule is O=C(/C=C/c1ccccc1)Oc1ccc(/C=N/NC(=O)c2ccc(O)cc2)cc1. The first-order valence-corrected chi connectivity index (χ1v) is 8.77. The highest BCUT2D eigenvalue weighted by atomic mass is 16.5. The van der Waals surface area contributed by atoms with Gasteiger partial charge in [-0.2, -0.15) is 5.10 Å². The Labute approximate surface area is 167 Å². The second-order valence-corrected chi connectivity index (χ2v) is 5.98. The van der Waals surface area contributed by atoms with Crippen molar-refractivity contribution in [3.8, 4) is 11.5 Å². The van der Waals surface area contributed by atoms with Crippen LogP contribution in [0.2, 0.25) is 0 Å². The quantitative estimate of drug-likeness (QED) is 0.222. The van der Waals surface area contributed by atoms with Gasteiger partial charge in [-0.05, 0) is 65.7 Å². The number of carbonyl (C=O) groups is 2. The first-order valence-electron chi connectivity index (χ1n) is 8.77. The second kappa shape index (κ2) is 9.66. The van der Waals surface area contributed by atoms with Gasteiger partial charge >= 0.3 is 5.97 Å². The number of carbonyl (C=O) groups excluding carboxylic acids is 2. The zero-order chi connectivity index (χ0) is 20.5. The average molecular weight is 386 g/mol. The van der Waals surface area contributed by atoms with Gasteiger partial charge in [-0.1, -0.05) is 30.3 Å². The third-order valence-corrected chi connectivity index (χ3v) is 3.82.